The smallest absolute Gasteiger partial charge is 0.270 e. The number of rotatable bonds is 3. The first-order valence-corrected chi connectivity index (χ1v) is 8.29. The van der Waals surface area contributed by atoms with Gasteiger partial charge in [0.25, 0.3) is 5.91 Å². The van der Waals surface area contributed by atoms with Crippen LogP contribution in [0.5, 0.6) is 0 Å². The highest BCUT2D eigenvalue weighted by Gasteiger charge is 2.31. The van der Waals surface area contributed by atoms with Crippen LogP contribution in [0.15, 0.2) is 18.3 Å². The van der Waals surface area contributed by atoms with Gasteiger partial charge in [0.15, 0.2) is 0 Å². The summed E-state index contributed by atoms with van der Waals surface area (Å²) >= 11 is 0. The summed E-state index contributed by atoms with van der Waals surface area (Å²) in [4.78, 5) is 14.9. The molecule has 1 aromatic heterocycles. The summed E-state index contributed by atoms with van der Waals surface area (Å²) in [7, 11) is 0. The average Bonchev–Trinajstić information content (AvgIpc) is 3.17. The van der Waals surface area contributed by atoms with E-state index < -0.39 is 0 Å². The van der Waals surface area contributed by atoms with E-state index in [1.165, 1.54) is 25.7 Å². The molecule has 1 N–H and O–H groups in total. The standard InChI is InChI=1S/C17H26N2O2/c1-13-8-9-14(12-20)11-19(13)17(21)16-7-4-10-18(16)15-5-2-3-6-15/h4,7,10,13-15,20H,2-3,5-6,8-9,11-12H2,1H3. The number of aliphatic hydroxyl groups is 1. The van der Waals surface area contributed by atoms with E-state index in [1.54, 1.807) is 0 Å². The van der Waals surface area contributed by atoms with Gasteiger partial charge in [-0.25, -0.2) is 0 Å². The molecule has 2 fully saturated rings. The summed E-state index contributed by atoms with van der Waals surface area (Å²) in [6.45, 7) is 2.99. The van der Waals surface area contributed by atoms with Crippen LogP contribution in [-0.4, -0.2) is 39.7 Å². The van der Waals surface area contributed by atoms with Crippen LogP contribution in [-0.2, 0) is 0 Å². The topological polar surface area (TPSA) is 45.5 Å². The van der Waals surface area contributed by atoms with Gasteiger partial charge in [-0.2, -0.15) is 0 Å². The zero-order chi connectivity index (χ0) is 14.8. The molecule has 2 heterocycles. The number of nitrogens with zero attached hydrogens (tertiary/aromatic N) is 2. The second-order valence-electron chi connectivity index (χ2n) is 6.67. The van der Waals surface area contributed by atoms with Crippen LogP contribution in [0.25, 0.3) is 0 Å². The lowest BCUT2D eigenvalue weighted by Gasteiger charge is -2.37. The number of carbonyl (C=O) groups excluding carboxylic acids is 1. The van der Waals surface area contributed by atoms with Crippen LogP contribution >= 0.6 is 0 Å². The number of aromatic nitrogens is 1. The van der Waals surface area contributed by atoms with Gasteiger partial charge in [-0.15, -0.1) is 0 Å². The highest BCUT2D eigenvalue weighted by Crippen LogP contribution is 2.32. The molecule has 1 saturated carbocycles. The molecule has 4 nitrogen and oxygen atoms in total. The second-order valence-corrected chi connectivity index (χ2v) is 6.67. The third-order valence-electron chi connectivity index (χ3n) is 5.21. The molecule has 1 amide bonds. The Bertz CT molecular complexity index is 491. The molecule has 3 rings (SSSR count). The predicted molar refractivity (Wildman–Crippen MR) is 82.2 cm³/mol. The van der Waals surface area contributed by atoms with Crippen molar-refractivity contribution in [2.45, 2.75) is 57.5 Å². The van der Waals surface area contributed by atoms with Crippen molar-refractivity contribution < 1.29 is 9.90 Å². The molecule has 4 heteroatoms. The molecule has 2 atom stereocenters. The van der Waals surface area contributed by atoms with Crippen molar-refractivity contribution >= 4 is 5.91 Å². The maximum atomic E-state index is 12.9. The van der Waals surface area contributed by atoms with Gasteiger partial charge < -0.3 is 14.6 Å². The first kappa shape index (κ1) is 14.6. The number of aliphatic hydroxyl groups excluding tert-OH is 1. The Morgan fingerprint density at radius 1 is 1.29 bits per heavy atom. The molecule has 1 aliphatic carbocycles. The normalized spacial score (nSPS) is 27.2. The number of carbonyl (C=O) groups is 1. The number of hydrogen-bond acceptors (Lipinski definition) is 2. The molecule has 21 heavy (non-hydrogen) atoms. The van der Waals surface area contributed by atoms with Gasteiger partial charge in [-0.05, 0) is 50.7 Å². The number of amides is 1. The summed E-state index contributed by atoms with van der Waals surface area (Å²) in [5.74, 6) is 0.373. The Morgan fingerprint density at radius 3 is 2.76 bits per heavy atom. The van der Waals surface area contributed by atoms with Crippen molar-refractivity contribution in [1.29, 1.82) is 0 Å². The van der Waals surface area contributed by atoms with Crippen LogP contribution in [0.2, 0.25) is 0 Å². The maximum Gasteiger partial charge on any atom is 0.270 e. The molecule has 0 spiro atoms. The van der Waals surface area contributed by atoms with Crippen molar-refractivity contribution in [1.82, 2.24) is 9.47 Å². The Kier molecular flexibility index (Phi) is 4.34. The summed E-state index contributed by atoms with van der Waals surface area (Å²) in [5, 5.41) is 9.39. The Labute approximate surface area is 126 Å². The third kappa shape index (κ3) is 2.86. The lowest BCUT2D eigenvalue weighted by Crippen LogP contribution is -2.47. The van der Waals surface area contributed by atoms with Crippen LogP contribution in [0.3, 0.4) is 0 Å². The van der Waals surface area contributed by atoms with Crippen LogP contribution in [0.4, 0.5) is 0 Å². The van der Waals surface area contributed by atoms with Crippen molar-refractivity contribution in [2.24, 2.45) is 5.92 Å². The summed E-state index contributed by atoms with van der Waals surface area (Å²) in [5.41, 5.74) is 0.826. The molecule has 0 radical (unpaired) electrons. The summed E-state index contributed by atoms with van der Waals surface area (Å²) in [6.07, 6.45) is 8.97. The quantitative estimate of drug-likeness (QED) is 0.930. The third-order valence-corrected chi connectivity index (χ3v) is 5.21. The number of hydrogen-bond donors (Lipinski definition) is 1. The Hall–Kier alpha value is -1.29. The second kappa shape index (κ2) is 6.22. The molecule has 1 aromatic rings. The van der Waals surface area contributed by atoms with E-state index in [-0.39, 0.29) is 24.5 Å². The molecular formula is C17H26N2O2. The van der Waals surface area contributed by atoms with Gasteiger partial charge in [0.05, 0.1) is 0 Å². The van der Waals surface area contributed by atoms with Crippen molar-refractivity contribution in [2.75, 3.05) is 13.2 Å². The van der Waals surface area contributed by atoms with E-state index in [4.69, 9.17) is 0 Å². The predicted octanol–water partition coefficient (Wildman–Crippen LogP) is 2.84. The van der Waals surface area contributed by atoms with Gasteiger partial charge in [0, 0.05) is 31.4 Å². The van der Waals surface area contributed by atoms with Gasteiger partial charge in [0.1, 0.15) is 5.69 Å². The first-order valence-electron chi connectivity index (χ1n) is 8.29. The van der Waals surface area contributed by atoms with Crippen molar-refractivity contribution in [3.05, 3.63) is 24.0 Å². The Morgan fingerprint density at radius 2 is 2.05 bits per heavy atom. The minimum atomic E-state index is 0.137. The fraction of sp³-hybridized carbons (Fsp3) is 0.706. The van der Waals surface area contributed by atoms with E-state index in [1.807, 2.05) is 17.0 Å². The van der Waals surface area contributed by atoms with Crippen molar-refractivity contribution in [3.63, 3.8) is 0 Å². The number of piperidine rings is 1. The zero-order valence-electron chi connectivity index (χ0n) is 12.9. The largest absolute Gasteiger partial charge is 0.396 e. The zero-order valence-corrected chi connectivity index (χ0v) is 12.9. The SMILES string of the molecule is CC1CCC(CO)CN1C(=O)c1cccn1C1CCCC1. The van der Waals surface area contributed by atoms with Gasteiger partial charge >= 0.3 is 0 Å². The highest BCUT2D eigenvalue weighted by molar-refractivity contribution is 5.93. The van der Waals surface area contributed by atoms with E-state index in [2.05, 4.69) is 17.7 Å². The fourth-order valence-electron chi connectivity index (χ4n) is 3.84. The molecule has 2 aliphatic rings. The molecular weight excluding hydrogens is 264 g/mol. The van der Waals surface area contributed by atoms with Crippen LogP contribution < -0.4 is 0 Å². The van der Waals surface area contributed by atoms with Crippen LogP contribution in [0, 0.1) is 5.92 Å². The fourth-order valence-corrected chi connectivity index (χ4v) is 3.84. The van der Waals surface area contributed by atoms with E-state index in [0.29, 0.717) is 12.6 Å². The summed E-state index contributed by atoms with van der Waals surface area (Å²) in [6, 6.07) is 4.71. The molecule has 0 bridgehead atoms. The van der Waals surface area contributed by atoms with Crippen LogP contribution in [0.1, 0.15) is 62.0 Å². The number of likely N-dealkylation sites (tertiary alicyclic amines) is 1. The van der Waals surface area contributed by atoms with E-state index in [0.717, 1.165) is 18.5 Å². The lowest BCUT2D eigenvalue weighted by molar-refractivity contribution is 0.0476. The van der Waals surface area contributed by atoms with Gasteiger partial charge in [0.2, 0.25) is 0 Å². The molecule has 2 unspecified atom stereocenters. The Balaban J connectivity index is 1.79. The minimum Gasteiger partial charge on any atom is -0.396 e. The summed E-state index contributed by atoms with van der Waals surface area (Å²) < 4.78 is 2.19. The van der Waals surface area contributed by atoms with E-state index >= 15 is 0 Å². The van der Waals surface area contributed by atoms with Gasteiger partial charge in [-0.1, -0.05) is 12.8 Å². The van der Waals surface area contributed by atoms with E-state index in [9.17, 15) is 9.90 Å². The maximum absolute atomic E-state index is 12.9. The monoisotopic (exact) mass is 290 g/mol. The van der Waals surface area contributed by atoms with Crippen molar-refractivity contribution in [3.8, 4) is 0 Å². The molecule has 1 aliphatic heterocycles. The molecule has 116 valence electrons. The average molecular weight is 290 g/mol. The minimum absolute atomic E-state index is 0.137. The molecule has 1 saturated heterocycles. The highest BCUT2D eigenvalue weighted by atomic mass is 16.3. The molecule has 0 aromatic carbocycles. The van der Waals surface area contributed by atoms with Gasteiger partial charge in [-0.3, -0.25) is 4.79 Å². The first-order chi connectivity index (χ1) is 10.2. The lowest BCUT2D eigenvalue weighted by atomic mass is 9.94.